The van der Waals surface area contributed by atoms with Crippen LogP contribution in [0, 0.1) is 5.92 Å². The predicted molar refractivity (Wildman–Crippen MR) is 98.0 cm³/mol. The van der Waals surface area contributed by atoms with Gasteiger partial charge in [0.25, 0.3) is 0 Å². The van der Waals surface area contributed by atoms with Crippen molar-refractivity contribution in [3.8, 4) is 5.75 Å². The third-order valence-electron chi connectivity index (χ3n) is 4.08. The molecule has 0 radical (unpaired) electrons. The maximum atomic E-state index is 12.4. The van der Waals surface area contributed by atoms with Crippen LogP contribution in [0.3, 0.4) is 0 Å². The number of hydrogen-bond donors (Lipinski definition) is 2. The molecule has 6 heteroatoms. The fraction of sp³-hybridized carbons (Fsp3) is 0.278. The number of halogens is 2. The monoisotopic (exact) mass is 366 g/mol. The first kappa shape index (κ1) is 18.6. The Morgan fingerprint density at radius 2 is 2.00 bits per heavy atom. The second-order valence-corrected chi connectivity index (χ2v) is 6.00. The van der Waals surface area contributed by atoms with Gasteiger partial charge in [-0.2, -0.15) is 0 Å². The number of amides is 1. The molecule has 1 aliphatic rings. The Hall–Kier alpha value is -1.75. The van der Waals surface area contributed by atoms with E-state index >= 15 is 0 Å². The minimum Gasteiger partial charge on any atom is -0.497 e. The van der Waals surface area contributed by atoms with Gasteiger partial charge < -0.3 is 15.4 Å². The van der Waals surface area contributed by atoms with Crippen LogP contribution < -0.4 is 15.4 Å². The molecular weight excluding hydrogens is 347 g/mol. The normalized spacial score (nSPS) is 14.9. The number of hydrogen-bond acceptors (Lipinski definition) is 3. The molecule has 0 spiro atoms. The number of ether oxygens (including phenoxy) is 1. The first-order valence-corrected chi connectivity index (χ1v) is 7.96. The van der Waals surface area contributed by atoms with Crippen molar-refractivity contribution in [3.05, 3.63) is 64.7 Å². The van der Waals surface area contributed by atoms with Crippen LogP contribution in [-0.2, 0) is 4.79 Å². The number of benzene rings is 2. The summed E-state index contributed by atoms with van der Waals surface area (Å²) in [5.41, 5.74) is 1.82. The van der Waals surface area contributed by atoms with Crippen LogP contribution in [0.5, 0.6) is 5.75 Å². The molecule has 0 bridgehead atoms. The Bertz CT molecular complexity index is 705. The molecule has 24 heavy (non-hydrogen) atoms. The van der Waals surface area contributed by atoms with Crippen molar-refractivity contribution in [1.29, 1.82) is 0 Å². The van der Waals surface area contributed by atoms with Crippen LogP contribution in [0.15, 0.2) is 48.5 Å². The molecule has 0 aliphatic carbocycles. The zero-order valence-corrected chi connectivity index (χ0v) is 14.9. The van der Waals surface area contributed by atoms with Gasteiger partial charge in [-0.25, -0.2) is 0 Å². The molecule has 2 N–H and O–H groups in total. The van der Waals surface area contributed by atoms with E-state index in [0.717, 1.165) is 30.0 Å². The number of carbonyl (C=O) groups is 1. The van der Waals surface area contributed by atoms with E-state index in [1.165, 1.54) is 0 Å². The van der Waals surface area contributed by atoms with E-state index in [9.17, 15) is 4.79 Å². The molecule has 0 aromatic heterocycles. The van der Waals surface area contributed by atoms with Gasteiger partial charge in [-0.05, 0) is 29.3 Å². The van der Waals surface area contributed by atoms with Crippen LogP contribution in [0.25, 0.3) is 0 Å². The lowest BCUT2D eigenvalue weighted by atomic mass is 9.96. The lowest BCUT2D eigenvalue weighted by Gasteiger charge is -2.29. The molecule has 1 heterocycles. The first-order valence-electron chi connectivity index (χ1n) is 7.58. The Morgan fingerprint density at radius 1 is 1.25 bits per heavy atom. The van der Waals surface area contributed by atoms with Crippen molar-refractivity contribution in [1.82, 2.24) is 10.6 Å². The highest BCUT2D eigenvalue weighted by Crippen LogP contribution is 2.30. The highest BCUT2D eigenvalue weighted by atomic mass is 35.5. The van der Waals surface area contributed by atoms with Gasteiger partial charge in [0.15, 0.2) is 0 Å². The average Bonchev–Trinajstić information content (AvgIpc) is 2.52. The quantitative estimate of drug-likeness (QED) is 0.854. The average molecular weight is 367 g/mol. The van der Waals surface area contributed by atoms with E-state index in [0.29, 0.717) is 5.02 Å². The highest BCUT2D eigenvalue weighted by Gasteiger charge is 2.28. The van der Waals surface area contributed by atoms with E-state index in [-0.39, 0.29) is 30.3 Å². The lowest BCUT2D eigenvalue weighted by Crippen LogP contribution is -2.51. The van der Waals surface area contributed by atoms with Crippen LogP contribution in [0.4, 0.5) is 0 Å². The van der Waals surface area contributed by atoms with Gasteiger partial charge in [-0.15, -0.1) is 12.4 Å². The van der Waals surface area contributed by atoms with Crippen molar-refractivity contribution >= 4 is 29.9 Å². The van der Waals surface area contributed by atoms with Gasteiger partial charge in [0.2, 0.25) is 5.91 Å². The minimum absolute atomic E-state index is 0. The van der Waals surface area contributed by atoms with Crippen LogP contribution >= 0.6 is 24.0 Å². The minimum atomic E-state index is -0.299. The standard InChI is InChI=1S/C18H19ClN2O2.ClH/c1-23-14-6-4-5-12(9-14)17(15-7-2-3-8-16(15)19)21-18(22)13-10-20-11-13;/h2-9,13,17,20H,10-11H2,1H3,(H,21,22);1H. The van der Waals surface area contributed by atoms with Crippen LogP contribution in [0.1, 0.15) is 17.2 Å². The number of methoxy groups -OCH3 is 1. The molecule has 2 aromatic carbocycles. The summed E-state index contributed by atoms with van der Waals surface area (Å²) in [5, 5.41) is 6.87. The summed E-state index contributed by atoms with van der Waals surface area (Å²) in [5.74, 6) is 0.807. The molecular formula is C18H20Cl2N2O2. The van der Waals surface area contributed by atoms with E-state index in [1.54, 1.807) is 7.11 Å². The van der Waals surface area contributed by atoms with Crippen molar-refractivity contribution in [2.24, 2.45) is 5.92 Å². The number of carbonyl (C=O) groups excluding carboxylic acids is 1. The SMILES string of the molecule is COc1cccc(C(NC(=O)C2CNC2)c2ccccc2Cl)c1.Cl. The third kappa shape index (κ3) is 4.01. The molecule has 1 saturated heterocycles. The van der Waals surface area contributed by atoms with Gasteiger partial charge in [0.05, 0.1) is 19.1 Å². The summed E-state index contributed by atoms with van der Waals surface area (Å²) >= 11 is 6.36. The van der Waals surface area contributed by atoms with Gasteiger partial charge in [0.1, 0.15) is 5.75 Å². The van der Waals surface area contributed by atoms with E-state index in [2.05, 4.69) is 10.6 Å². The van der Waals surface area contributed by atoms with E-state index in [4.69, 9.17) is 16.3 Å². The second-order valence-electron chi connectivity index (χ2n) is 5.59. The van der Waals surface area contributed by atoms with Crippen LogP contribution in [-0.4, -0.2) is 26.1 Å². The van der Waals surface area contributed by atoms with E-state index in [1.807, 2.05) is 48.5 Å². The zero-order chi connectivity index (χ0) is 16.2. The maximum absolute atomic E-state index is 12.4. The molecule has 3 rings (SSSR count). The number of nitrogens with one attached hydrogen (secondary N) is 2. The Kier molecular flexibility index (Phi) is 6.49. The summed E-state index contributed by atoms with van der Waals surface area (Å²) in [6.45, 7) is 1.44. The molecule has 128 valence electrons. The van der Waals surface area contributed by atoms with Gasteiger partial charge >= 0.3 is 0 Å². The van der Waals surface area contributed by atoms with Gasteiger partial charge in [-0.1, -0.05) is 41.9 Å². The summed E-state index contributed by atoms with van der Waals surface area (Å²) in [4.78, 5) is 12.4. The fourth-order valence-corrected chi connectivity index (χ4v) is 2.85. The van der Waals surface area contributed by atoms with Gasteiger partial charge in [0, 0.05) is 18.1 Å². The first-order chi connectivity index (χ1) is 11.2. The molecule has 0 saturated carbocycles. The topological polar surface area (TPSA) is 50.4 Å². The summed E-state index contributed by atoms with van der Waals surface area (Å²) in [6.07, 6.45) is 0. The van der Waals surface area contributed by atoms with Crippen molar-refractivity contribution in [2.75, 3.05) is 20.2 Å². The van der Waals surface area contributed by atoms with Crippen molar-refractivity contribution < 1.29 is 9.53 Å². The molecule has 1 atom stereocenters. The number of rotatable bonds is 5. The smallest absolute Gasteiger partial charge is 0.226 e. The second kappa shape index (κ2) is 8.38. The molecule has 1 unspecified atom stereocenters. The lowest BCUT2D eigenvalue weighted by molar-refractivity contribution is -0.126. The Labute approximate surface area is 153 Å². The molecule has 1 fully saturated rings. The molecule has 1 amide bonds. The highest BCUT2D eigenvalue weighted by molar-refractivity contribution is 6.31. The molecule has 1 aliphatic heterocycles. The maximum Gasteiger partial charge on any atom is 0.226 e. The van der Waals surface area contributed by atoms with Crippen molar-refractivity contribution in [2.45, 2.75) is 6.04 Å². The zero-order valence-electron chi connectivity index (χ0n) is 13.3. The summed E-state index contributed by atoms with van der Waals surface area (Å²) < 4.78 is 5.30. The summed E-state index contributed by atoms with van der Waals surface area (Å²) in [7, 11) is 1.63. The predicted octanol–water partition coefficient (Wildman–Crippen LogP) is 3.20. The Balaban J connectivity index is 0.00000208. The van der Waals surface area contributed by atoms with E-state index < -0.39 is 0 Å². The fourth-order valence-electron chi connectivity index (χ4n) is 2.61. The van der Waals surface area contributed by atoms with Gasteiger partial charge in [-0.3, -0.25) is 4.79 Å². The Morgan fingerprint density at radius 3 is 2.62 bits per heavy atom. The largest absolute Gasteiger partial charge is 0.497 e. The third-order valence-corrected chi connectivity index (χ3v) is 4.43. The van der Waals surface area contributed by atoms with Crippen LogP contribution in [0.2, 0.25) is 5.02 Å². The van der Waals surface area contributed by atoms with Crippen molar-refractivity contribution in [3.63, 3.8) is 0 Å². The molecule has 4 nitrogen and oxygen atoms in total. The molecule has 2 aromatic rings. The summed E-state index contributed by atoms with van der Waals surface area (Å²) in [6, 6.07) is 15.0.